The Morgan fingerprint density at radius 3 is 2.47 bits per heavy atom. The van der Waals surface area contributed by atoms with Crippen LogP contribution < -0.4 is 25.4 Å². The summed E-state index contributed by atoms with van der Waals surface area (Å²) < 4.78 is 10.4. The van der Waals surface area contributed by atoms with Crippen molar-refractivity contribution in [2.45, 2.75) is 13.0 Å². The number of nitrogens with one attached hydrogen (secondary N) is 3. The summed E-state index contributed by atoms with van der Waals surface area (Å²) in [6, 6.07) is 14.1. The summed E-state index contributed by atoms with van der Waals surface area (Å²) in [5.41, 5.74) is 1.53. The van der Waals surface area contributed by atoms with E-state index >= 15 is 0 Å². The Kier molecular flexibility index (Phi) is 7.17. The third-order valence-electron chi connectivity index (χ3n) is 3.97. The van der Waals surface area contributed by atoms with Crippen LogP contribution in [0.15, 0.2) is 48.5 Å². The molecule has 1 heterocycles. The Bertz CT molecular complexity index is 1010. The van der Waals surface area contributed by atoms with Crippen LogP contribution in [0.25, 0.3) is 0 Å². The summed E-state index contributed by atoms with van der Waals surface area (Å²) in [7, 11) is 3.05. The van der Waals surface area contributed by atoms with Gasteiger partial charge in [0.2, 0.25) is 11.0 Å². The molecular weight excluding hydrogens is 406 g/mol. The van der Waals surface area contributed by atoms with Crippen LogP contribution in [0.5, 0.6) is 11.5 Å². The van der Waals surface area contributed by atoms with E-state index in [0.717, 1.165) is 16.9 Å². The van der Waals surface area contributed by atoms with E-state index in [2.05, 4.69) is 26.1 Å². The van der Waals surface area contributed by atoms with Gasteiger partial charge in [-0.3, -0.25) is 10.1 Å². The predicted octanol–water partition coefficient (Wildman–Crippen LogP) is 3.06. The molecular formula is C20H21N5O4S. The molecule has 0 unspecified atom stereocenters. The highest BCUT2D eigenvalue weighted by Crippen LogP contribution is 2.29. The van der Waals surface area contributed by atoms with Crippen LogP contribution in [0.1, 0.15) is 10.6 Å². The molecule has 3 rings (SSSR count). The smallest absolute Gasteiger partial charge is 0.325 e. The van der Waals surface area contributed by atoms with E-state index in [9.17, 15) is 9.59 Å². The summed E-state index contributed by atoms with van der Waals surface area (Å²) >= 11 is 1.14. The lowest BCUT2D eigenvalue weighted by Gasteiger charge is -2.10. The normalized spacial score (nSPS) is 10.2. The van der Waals surface area contributed by atoms with Crippen LogP contribution >= 0.6 is 11.3 Å². The SMILES string of the molecule is COc1ccc(NC(=O)Nc2nnc(CC(=O)NCc3ccccc3)s2)cc1OC. The van der Waals surface area contributed by atoms with Crippen LogP contribution in [0, 0.1) is 0 Å². The molecule has 3 aromatic rings. The van der Waals surface area contributed by atoms with E-state index in [1.807, 2.05) is 30.3 Å². The number of carbonyl (C=O) groups excluding carboxylic acids is 2. The van der Waals surface area contributed by atoms with E-state index in [4.69, 9.17) is 9.47 Å². The molecule has 0 aliphatic heterocycles. The van der Waals surface area contributed by atoms with E-state index < -0.39 is 6.03 Å². The van der Waals surface area contributed by atoms with Crippen LogP contribution in [-0.4, -0.2) is 36.4 Å². The van der Waals surface area contributed by atoms with Gasteiger partial charge in [0.15, 0.2) is 11.5 Å². The third-order valence-corrected chi connectivity index (χ3v) is 4.81. The van der Waals surface area contributed by atoms with Gasteiger partial charge in [-0.05, 0) is 17.7 Å². The number of hydrogen-bond acceptors (Lipinski definition) is 7. The lowest BCUT2D eigenvalue weighted by atomic mass is 10.2. The quantitative estimate of drug-likeness (QED) is 0.509. The summed E-state index contributed by atoms with van der Waals surface area (Å²) in [6.07, 6.45) is 0.0868. The number of urea groups is 1. The largest absolute Gasteiger partial charge is 0.493 e. The minimum Gasteiger partial charge on any atom is -0.493 e. The van der Waals surface area contributed by atoms with Gasteiger partial charge in [0, 0.05) is 18.3 Å². The second-order valence-corrected chi connectivity index (χ2v) is 7.15. The number of rotatable bonds is 8. The van der Waals surface area contributed by atoms with E-state index in [0.29, 0.717) is 33.9 Å². The number of aromatic nitrogens is 2. The molecule has 3 N–H and O–H groups in total. The van der Waals surface area contributed by atoms with Gasteiger partial charge in [0.1, 0.15) is 5.01 Å². The van der Waals surface area contributed by atoms with Crippen molar-refractivity contribution in [3.63, 3.8) is 0 Å². The van der Waals surface area contributed by atoms with Gasteiger partial charge < -0.3 is 20.1 Å². The number of benzene rings is 2. The molecule has 30 heavy (non-hydrogen) atoms. The van der Waals surface area contributed by atoms with Gasteiger partial charge in [0.25, 0.3) is 0 Å². The lowest BCUT2D eigenvalue weighted by Crippen LogP contribution is -2.24. The molecule has 3 amide bonds. The van der Waals surface area contributed by atoms with E-state index in [1.165, 1.54) is 14.2 Å². The van der Waals surface area contributed by atoms with Crippen molar-refractivity contribution in [3.8, 4) is 11.5 Å². The number of hydrogen-bond donors (Lipinski definition) is 3. The minimum atomic E-state index is -0.488. The molecule has 0 aliphatic carbocycles. The monoisotopic (exact) mass is 427 g/mol. The predicted molar refractivity (Wildman–Crippen MR) is 114 cm³/mol. The highest BCUT2D eigenvalue weighted by atomic mass is 32.1. The van der Waals surface area contributed by atoms with Gasteiger partial charge in [-0.15, -0.1) is 10.2 Å². The fourth-order valence-corrected chi connectivity index (χ4v) is 3.28. The first kappa shape index (κ1) is 21.1. The first-order valence-corrected chi connectivity index (χ1v) is 9.82. The zero-order chi connectivity index (χ0) is 21.3. The molecule has 0 radical (unpaired) electrons. The minimum absolute atomic E-state index is 0.0868. The Hall–Kier alpha value is -3.66. The Morgan fingerprint density at radius 1 is 0.967 bits per heavy atom. The van der Waals surface area contributed by atoms with E-state index in [1.54, 1.807) is 18.2 Å². The summed E-state index contributed by atoms with van der Waals surface area (Å²) in [4.78, 5) is 24.3. The average Bonchev–Trinajstić information content (AvgIpc) is 3.19. The van der Waals surface area contributed by atoms with Crippen LogP contribution in [0.2, 0.25) is 0 Å². The molecule has 0 saturated heterocycles. The highest BCUT2D eigenvalue weighted by molar-refractivity contribution is 7.15. The van der Waals surface area contributed by atoms with Gasteiger partial charge >= 0.3 is 6.03 Å². The highest BCUT2D eigenvalue weighted by Gasteiger charge is 2.12. The number of carbonyl (C=O) groups is 2. The fourth-order valence-electron chi connectivity index (χ4n) is 2.55. The zero-order valence-electron chi connectivity index (χ0n) is 16.5. The van der Waals surface area contributed by atoms with Gasteiger partial charge in [0.05, 0.1) is 20.6 Å². The number of anilines is 2. The lowest BCUT2D eigenvalue weighted by molar-refractivity contribution is -0.120. The second kappa shape index (κ2) is 10.2. The Balaban J connectivity index is 1.50. The first-order chi connectivity index (χ1) is 14.6. The van der Waals surface area contributed by atoms with Crippen molar-refractivity contribution in [2.24, 2.45) is 0 Å². The first-order valence-electron chi connectivity index (χ1n) is 9.00. The van der Waals surface area contributed by atoms with Crippen molar-refractivity contribution >= 4 is 34.1 Å². The molecule has 156 valence electrons. The van der Waals surface area contributed by atoms with Crippen LogP contribution in [0.4, 0.5) is 15.6 Å². The summed E-state index contributed by atoms with van der Waals surface area (Å²) in [5.74, 6) is 0.883. The molecule has 2 aromatic carbocycles. The maximum atomic E-state index is 12.2. The molecule has 0 bridgehead atoms. The Labute approximate surface area is 177 Å². The van der Waals surface area contributed by atoms with Crippen LogP contribution in [-0.2, 0) is 17.8 Å². The number of methoxy groups -OCH3 is 2. The van der Waals surface area contributed by atoms with Crippen molar-refractivity contribution in [1.82, 2.24) is 15.5 Å². The standard InChI is InChI=1S/C20H21N5O4S/c1-28-15-9-8-14(10-16(15)29-2)22-19(27)23-20-25-24-18(30-20)11-17(26)21-12-13-6-4-3-5-7-13/h3-10H,11-12H2,1-2H3,(H,21,26)(H2,22,23,25,27). The van der Waals surface area contributed by atoms with E-state index in [-0.39, 0.29) is 12.3 Å². The molecule has 0 aliphatic rings. The Morgan fingerprint density at radius 2 is 1.73 bits per heavy atom. The van der Waals surface area contributed by atoms with Gasteiger partial charge in [-0.1, -0.05) is 41.7 Å². The number of ether oxygens (including phenoxy) is 2. The number of nitrogens with zero attached hydrogens (tertiary/aromatic N) is 2. The second-order valence-electron chi connectivity index (χ2n) is 6.09. The third kappa shape index (κ3) is 5.92. The van der Waals surface area contributed by atoms with Gasteiger partial charge in [-0.2, -0.15) is 0 Å². The van der Waals surface area contributed by atoms with Gasteiger partial charge in [-0.25, -0.2) is 4.79 Å². The summed E-state index contributed by atoms with van der Waals surface area (Å²) in [6.45, 7) is 0.442. The molecule has 0 fully saturated rings. The maximum Gasteiger partial charge on any atom is 0.325 e. The fraction of sp³-hybridized carbons (Fsp3) is 0.200. The van der Waals surface area contributed by atoms with Crippen LogP contribution in [0.3, 0.4) is 0 Å². The van der Waals surface area contributed by atoms with Crippen molar-refractivity contribution < 1.29 is 19.1 Å². The molecule has 9 nitrogen and oxygen atoms in total. The summed E-state index contributed by atoms with van der Waals surface area (Å²) in [5, 5.41) is 16.8. The molecule has 1 aromatic heterocycles. The average molecular weight is 427 g/mol. The van der Waals surface area contributed by atoms with Crippen molar-refractivity contribution in [1.29, 1.82) is 0 Å². The molecule has 0 spiro atoms. The number of amides is 3. The maximum absolute atomic E-state index is 12.2. The molecule has 0 saturated carbocycles. The molecule has 10 heteroatoms. The van der Waals surface area contributed by atoms with Crippen molar-refractivity contribution in [3.05, 3.63) is 59.1 Å². The molecule has 0 atom stereocenters. The zero-order valence-corrected chi connectivity index (χ0v) is 17.3. The topological polar surface area (TPSA) is 114 Å². The van der Waals surface area contributed by atoms with Crippen molar-refractivity contribution in [2.75, 3.05) is 24.9 Å².